The Morgan fingerprint density at radius 2 is 1.84 bits per heavy atom. The second kappa shape index (κ2) is 10.2. The summed E-state index contributed by atoms with van der Waals surface area (Å²) in [5.41, 5.74) is 2.15. The lowest BCUT2D eigenvalue weighted by molar-refractivity contribution is -0.137. The van der Waals surface area contributed by atoms with E-state index >= 15 is 0 Å². The van der Waals surface area contributed by atoms with E-state index in [-0.39, 0.29) is 12.0 Å². The molecule has 2 aromatic carbocycles. The predicted octanol–water partition coefficient (Wildman–Crippen LogP) is 4.75. The third kappa shape index (κ3) is 6.34. The van der Waals surface area contributed by atoms with Crippen molar-refractivity contribution >= 4 is 11.7 Å². The minimum atomic E-state index is -0.293. The van der Waals surface area contributed by atoms with Crippen molar-refractivity contribution in [3.8, 4) is 5.75 Å². The van der Waals surface area contributed by atoms with Crippen LogP contribution in [0.15, 0.2) is 66.7 Å². The van der Waals surface area contributed by atoms with E-state index in [2.05, 4.69) is 17.4 Å². The van der Waals surface area contributed by atoms with Gasteiger partial charge in [-0.2, -0.15) is 0 Å². The smallest absolute Gasteiger partial charge is 0.330 e. The Kier molecular flexibility index (Phi) is 7.57. The number of ether oxygens (including phenoxy) is 2. The van der Waals surface area contributed by atoms with Crippen molar-refractivity contribution in [2.45, 2.75) is 25.8 Å². The fourth-order valence-electron chi connectivity index (χ4n) is 2.40. The molecule has 4 nitrogen and oxygen atoms in total. The molecule has 0 bridgehead atoms. The molecular formula is C21H25NO3. The minimum Gasteiger partial charge on any atom is -0.497 e. The molecule has 2 aromatic rings. The molecule has 0 aliphatic carbocycles. The van der Waals surface area contributed by atoms with Crippen molar-refractivity contribution < 1.29 is 14.3 Å². The molecule has 0 heterocycles. The van der Waals surface area contributed by atoms with Crippen molar-refractivity contribution in [3.05, 3.63) is 72.3 Å². The first kappa shape index (κ1) is 18.6. The van der Waals surface area contributed by atoms with Crippen LogP contribution in [0.1, 0.15) is 31.4 Å². The molecule has 4 heteroatoms. The van der Waals surface area contributed by atoms with E-state index in [0.717, 1.165) is 23.4 Å². The molecule has 0 fully saturated rings. The zero-order chi connectivity index (χ0) is 17.9. The summed E-state index contributed by atoms with van der Waals surface area (Å²) in [5, 5.41) is 3.50. The normalized spacial score (nSPS) is 11.9. The van der Waals surface area contributed by atoms with Crippen LogP contribution in [-0.2, 0) is 9.53 Å². The largest absolute Gasteiger partial charge is 0.497 e. The van der Waals surface area contributed by atoms with E-state index in [0.29, 0.717) is 13.0 Å². The maximum Gasteiger partial charge on any atom is 0.330 e. The highest BCUT2D eigenvalue weighted by Crippen LogP contribution is 2.24. The summed E-state index contributed by atoms with van der Waals surface area (Å²) >= 11 is 0. The monoisotopic (exact) mass is 339 g/mol. The molecule has 0 aliphatic heterocycles. The van der Waals surface area contributed by atoms with Crippen molar-refractivity contribution in [1.82, 2.24) is 0 Å². The molecule has 25 heavy (non-hydrogen) atoms. The maximum absolute atomic E-state index is 11.6. The van der Waals surface area contributed by atoms with E-state index in [1.807, 2.05) is 55.5 Å². The second-order valence-corrected chi connectivity index (χ2v) is 5.64. The molecule has 0 aromatic heterocycles. The molecule has 2 rings (SSSR count). The number of hydrogen-bond donors (Lipinski definition) is 1. The lowest BCUT2D eigenvalue weighted by Crippen LogP contribution is -2.10. The summed E-state index contributed by atoms with van der Waals surface area (Å²) in [5.74, 6) is 0.526. The fourth-order valence-corrected chi connectivity index (χ4v) is 2.40. The molecule has 0 spiro atoms. The summed E-state index contributed by atoms with van der Waals surface area (Å²) in [6, 6.07) is 18.0. The number of esters is 1. The predicted molar refractivity (Wildman–Crippen MR) is 101 cm³/mol. The van der Waals surface area contributed by atoms with E-state index < -0.39 is 0 Å². The summed E-state index contributed by atoms with van der Waals surface area (Å²) in [4.78, 5) is 11.6. The van der Waals surface area contributed by atoms with E-state index in [1.54, 1.807) is 7.11 Å². The molecule has 132 valence electrons. The van der Waals surface area contributed by atoms with Gasteiger partial charge in [0.25, 0.3) is 0 Å². The zero-order valence-electron chi connectivity index (χ0n) is 14.8. The quantitative estimate of drug-likeness (QED) is 0.529. The fraction of sp³-hybridized carbons (Fsp3) is 0.286. The molecule has 0 radical (unpaired) electrons. The zero-order valence-corrected chi connectivity index (χ0v) is 14.8. The Balaban J connectivity index is 2.05. The number of benzene rings is 2. The Bertz CT molecular complexity index is 665. The molecule has 0 saturated carbocycles. The highest BCUT2D eigenvalue weighted by molar-refractivity contribution is 5.81. The van der Waals surface area contributed by atoms with Crippen LogP contribution < -0.4 is 10.1 Å². The highest BCUT2D eigenvalue weighted by Gasteiger charge is 2.10. The van der Waals surface area contributed by atoms with Gasteiger partial charge in [0.1, 0.15) is 5.75 Å². The van der Waals surface area contributed by atoms with Crippen LogP contribution >= 0.6 is 0 Å². The minimum absolute atomic E-state index is 0.0600. The van der Waals surface area contributed by atoms with Crippen LogP contribution in [-0.4, -0.2) is 19.7 Å². The molecule has 0 aliphatic rings. The topological polar surface area (TPSA) is 47.6 Å². The van der Waals surface area contributed by atoms with E-state index in [9.17, 15) is 4.79 Å². The number of carbonyl (C=O) groups is 1. The van der Waals surface area contributed by atoms with Crippen molar-refractivity contribution in [1.29, 1.82) is 0 Å². The second-order valence-electron chi connectivity index (χ2n) is 5.64. The van der Waals surface area contributed by atoms with Crippen molar-refractivity contribution in [2.75, 3.05) is 19.0 Å². The number of hydrogen-bond acceptors (Lipinski definition) is 4. The van der Waals surface area contributed by atoms with Gasteiger partial charge in [0, 0.05) is 11.8 Å². The van der Waals surface area contributed by atoms with Gasteiger partial charge in [-0.05, 0) is 42.7 Å². The standard InChI is InChI=1S/C21H25NO3/c1-3-16-25-21(23)11-7-10-20(17-8-5-4-6-9-17)22-18-12-14-19(24-2)15-13-18/h4-9,11-15,20,22H,3,10,16H2,1-2H3/b11-7+/t20-/m0/s1. The van der Waals surface area contributed by atoms with Crippen LogP contribution in [0, 0.1) is 0 Å². The van der Waals surface area contributed by atoms with Gasteiger partial charge in [-0.15, -0.1) is 0 Å². The SMILES string of the molecule is CCCOC(=O)/C=C/C[C@H](Nc1ccc(OC)cc1)c1ccccc1. The van der Waals surface area contributed by atoms with Crippen LogP contribution in [0.2, 0.25) is 0 Å². The highest BCUT2D eigenvalue weighted by atomic mass is 16.5. The van der Waals surface area contributed by atoms with Gasteiger partial charge in [0.2, 0.25) is 0 Å². The first-order valence-electron chi connectivity index (χ1n) is 8.51. The lowest BCUT2D eigenvalue weighted by atomic mass is 10.0. The first-order valence-corrected chi connectivity index (χ1v) is 8.51. The average Bonchev–Trinajstić information content (AvgIpc) is 2.66. The van der Waals surface area contributed by atoms with E-state index in [4.69, 9.17) is 9.47 Å². The lowest BCUT2D eigenvalue weighted by Gasteiger charge is -2.19. The number of carbonyl (C=O) groups excluding carboxylic acids is 1. The third-order valence-corrected chi connectivity index (χ3v) is 3.71. The molecule has 0 unspecified atom stereocenters. The third-order valence-electron chi connectivity index (χ3n) is 3.71. The van der Waals surface area contributed by atoms with Crippen LogP contribution in [0.5, 0.6) is 5.75 Å². The van der Waals surface area contributed by atoms with Gasteiger partial charge in [-0.25, -0.2) is 4.79 Å². The number of rotatable bonds is 9. The van der Waals surface area contributed by atoms with Crippen LogP contribution in [0.3, 0.4) is 0 Å². The van der Waals surface area contributed by atoms with Crippen molar-refractivity contribution in [3.63, 3.8) is 0 Å². The number of nitrogens with one attached hydrogen (secondary N) is 1. The summed E-state index contributed by atoms with van der Waals surface area (Å²) in [6.07, 6.45) is 4.86. The summed E-state index contributed by atoms with van der Waals surface area (Å²) in [6.45, 7) is 2.43. The van der Waals surface area contributed by atoms with Gasteiger partial charge in [0.15, 0.2) is 0 Å². The molecule has 1 N–H and O–H groups in total. The van der Waals surface area contributed by atoms with Crippen LogP contribution in [0.25, 0.3) is 0 Å². The Hall–Kier alpha value is -2.75. The number of methoxy groups -OCH3 is 1. The van der Waals surface area contributed by atoms with E-state index in [1.165, 1.54) is 6.08 Å². The Morgan fingerprint density at radius 1 is 1.12 bits per heavy atom. The summed E-state index contributed by atoms with van der Waals surface area (Å²) in [7, 11) is 1.65. The molecule has 0 amide bonds. The first-order chi connectivity index (χ1) is 12.2. The molecule has 1 atom stereocenters. The maximum atomic E-state index is 11.6. The van der Waals surface area contributed by atoms with Gasteiger partial charge in [0.05, 0.1) is 19.8 Å². The summed E-state index contributed by atoms with van der Waals surface area (Å²) < 4.78 is 10.3. The van der Waals surface area contributed by atoms with Gasteiger partial charge in [-0.1, -0.05) is 43.3 Å². The Morgan fingerprint density at radius 3 is 2.48 bits per heavy atom. The molecular weight excluding hydrogens is 314 g/mol. The van der Waals surface area contributed by atoms with Crippen molar-refractivity contribution in [2.24, 2.45) is 0 Å². The van der Waals surface area contributed by atoms with Gasteiger partial charge >= 0.3 is 5.97 Å². The molecule has 0 saturated heterocycles. The van der Waals surface area contributed by atoms with Crippen LogP contribution in [0.4, 0.5) is 5.69 Å². The Labute approximate surface area is 149 Å². The van der Waals surface area contributed by atoms with Gasteiger partial charge in [-0.3, -0.25) is 0 Å². The average molecular weight is 339 g/mol. The number of anilines is 1. The van der Waals surface area contributed by atoms with Gasteiger partial charge < -0.3 is 14.8 Å².